The number of hydrogen-bond donors (Lipinski definition) is 1. The quantitative estimate of drug-likeness (QED) is 0.676. The average molecular weight is 348 g/mol. The van der Waals surface area contributed by atoms with Crippen molar-refractivity contribution < 1.29 is 22.7 Å². The van der Waals surface area contributed by atoms with Crippen LogP contribution in [0.2, 0.25) is 0 Å². The molecule has 0 aliphatic rings. The molecular formula is C18H15F3N2O2. The van der Waals surface area contributed by atoms with Gasteiger partial charge in [0.2, 0.25) is 0 Å². The SMILES string of the molecule is O=C(NCCC#Cc1cnccc1C(F)(F)F)OCc1ccccc1. The number of ether oxygens (including phenoxy) is 1. The van der Waals surface area contributed by atoms with Crippen LogP contribution in [-0.4, -0.2) is 17.6 Å². The molecule has 1 aromatic heterocycles. The molecule has 0 saturated carbocycles. The number of benzene rings is 1. The van der Waals surface area contributed by atoms with Crippen LogP contribution in [0.5, 0.6) is 0 Å². The average Bonchev–Trinajstić information content (AvgIpc) is 2.60. The van der Waals surface area contributed by atoms with Crippen molar-refractivity contribution in [3.05, 3.63) is 65.5 Å². The summed E-state index contributed by atoms with van der Waals surface area (Å²) in [6, 6.07) is 10.0. The molecule has 7 heteroatoms. The Morgan fingerprint density at radius 2 is 1.96 bits per heavy atom. The van der Waals surface area contributed by atoms with Crippen molar-refractivity contribution in [3.8, 4) is 11.8 Å². The number of carbonyl (C=O) groups excluding carboxylic acids is 1. The van der Waals surface area contributed by atoms with Gasteiger partial charge in [-0.25, -0.2) is 4.79 Å². The fraction of sp³-hybridized carbons (Fsp3) is 0.222. The van der Waals surface area contributed by atoms with Gasteiger partial charge < -0.3 is 10.1 Å². The topological polar surface area (TPSA) is 51.2 Å². The lowest BCUT2D eigenvalue weighted by Gasteiger charge is -2.07. The zero-order chi connectivity index (χ0) is 18.1. The standard InChI is InChI=1S/C18H15F3N2O2/c19-18(20,21)16-9-11-22-12-15(16)8-4-5-10-23-17(24)25-13-14-6-2-1-3-7-14/h1-3,6-7,9,11-12H,5,10,13H2,(H,23,24). The Morgan fingerprint density at radius 1 is 1.20 bits per heavy atom. The van der Waals surface area contributed by atoms with Crippen molar-refractivity contribution in [2.45, 2.75) is 19.2 Å². The van der Waals surface area contributed by atoms with Gasteiger partial charge in [0.1, 0.15) is 6.61 Å². The summed E-state index contributed by atoms with van der Waals surface area (Å²) >= 11 is 0. The molecular weight excluding hydrogens is 333 g/mol. The van der Waals surface area contributed by atoms with E-state index in [-0.39, 0.29) is 25.1 Å². The van der Waals surface area contributed by atoms with Crippen LogP contribution < -0.4 is 5.32 Å². The van der Waals surface area contributed by atoms with Gasteiger partial charge in [-0.3, -0.25) is 4.98 Å². The molecule has 1 N–H and O–H groups in total. The lowest BCUT2D eigenvalue weighted by Crippen LogP contribution is -2.24. The first-order chi connectivity index (χ1) is 12.0. The lowest BCUT2D eigenvalue weighted by atomic mass is 10.1. The molecule has 0 bridgehead atoms. The fourth-order valence-electron chi connectivity index (χ4n) is 1.90. The number of alkyl halides is 3. The number of carbonyl (C=O) groups is 1. The molecule has 0 spiro atoms. The number of nitrogens with one attached hydrogen (secondary N) is 1. The van der Waals surface area contributed by atoms with Crippen LogP contribution in [0.15, 0.2) is 48.8 Å². The third-order valence-corrected chi connectivity index (χ3v) is 3.08. The van der Waals surface area contributed by atoms with Crippen molar-refractivity contribution in [1.82, 2.24) is 10.3 Å². The van der Waals surface area contributed by atoms with Crippen LogP contribution in [0.4, 0.5) is 18.0 Å². The summed E-state index contributed by atoms with van der Waals surface area (Å²) in [5.41, 5.74) is -0.166. The summed E-state index contributed by atoms with van der Waals surface area (Å²) < 4.78 is 43.4. The van der Waals surface area contributed by atoms with E-state index in [0.29, 0.717) is 0 Å². The molecule has 0 aliphatic heterocycles. The predicted octanol–water partition coefficient (Wildman–Crippen LogP) is 3.77. The van der Waals surface area contributed by atoms with E-state index in [1.165, 1.54) is 0 Å². The number of amides is 1. The third kappa shape index (κ3) is 6.18. The van der Waals surface area contributed by atoms with Crippen LogP contribution >= 0.6 is 0 Å². The number of alkyl carbamates (subject to hydrolysis) is 1. The molecule has 2 rings (SSSR count). The van der Waals surface area contributed by atoms with Crippen LogP contribution in [0.25, 0.3) is 0 Å². The second-order valence-electron chi connectivity index (χ2n) is 4.96. The van der Waals surface area contributed by atoms with Gasteiger partial charge in [0.25, 0.3) is 0 Å². The van der Waals surface area contributed by atoms with E-state index in [2.05, 4.69) is 22.1 Å². The maximum Gasteiger partial charge on any atom is 0.417 e. The molecule has 0 fully saturated rings. The van der Waals surface area contributed by atoms with E-state index in [0.717, 1.165) is 24.0 Å². The molecule has 1 heterocycles. The maximum atomic E-state index is 12.8. The highest BCUT2D eigenvalue weighted by atomic mass is 19.4. The summed E-state index contributed by atoms with van der Waals surface area (Å²) in [7, 11) is 0. The van der Waals surface area contributed by atoms with Gasteiger partial charge in [-0.05, 0) is 11.6 Å². The van der Waals surface area contributed by atoms with E-state index in [1.807, 2.05) is 30.3 Å². The Morgan fingerprint density at radius 3 is 2.68 bits per heavy atom. The van der Waals surface area contributed by atoms with Crippen molar-refractivity contribution in [3.63, 3.8) is 0 Å². The first kappa shape index (κ1) is 18.3. The number of hydrogen-bond acceptors (Lipinski definition) is 3. The highest BCUT2D eigenvalue weighted by Crippen LogP contribution is 2.30. The Balaban J connectivity index is 1.77. The van der Waals surface area contributed by atoms with E-state index in [9.17, 15) is 18.0 Å². The van der Waals surface area contributed by atoms with Gasteiger partial charge in [0, 0.05) is 25.4 Å². The number of rotatable bonds is 4. The summed E-state index contributed by atoms with van der Waals surface area (Å²) in [4.78, 5) is 15.1. The molecule has 2 aromatic rings. The number of nitrogens with zero attached hydrogens (tertiary/aromatic N) is 1. The van der Waals surface area contributed by atoms with Gasteiger partial charge in [-0.15, -0.1) is 0 Å². The molecule has 0 saturated heterocycles. The molecule has 25 heavy (non-hydrogen) atoms. The molecule has 0 radical (unpaired) electrons. The smallest absolute Gasteiger partial charge is 0.417 e. The zero-order valence-corrected chi connectivity index (χ0v) is 13.1. The van der Waals surface area contributed by atoms with E-state index in [4.69, 9.17) is 4.74 Å². The van der Waals surface area contributed by atoms with Gasteiger partial charge in [-0.1, -0.05) is 42.2 Å². The third-order valence-electron chi connectivity index (χ3n) is 3.08. The van der Waals surface area contributed by atoms with Crippen LogP contribution in [0.1, 0.15) is 23.1 Å². The predicted molar refractivity (Wildman–Crippen MR) is 85.4 cm³/mol. The summed E-state index contributed by atoms with van der Waals surface area (Å²) in [5, 5.41) is 2.48. The van der Waals surface area contributed by atoms with Gasteiger partial charge in [0.15, 0.2) is 0 Å². The normalized spacial score (nSPS) is 10.5. The highest BCUT2D eigenvalue weighted by Gasteiger charge is 2.32. The Bertz CT molecular complexity index is 765. The molecule has 4 nitrogen and oxygen atoms in total. The van der Waals surface area contributed by atoms with E-state index >= 15 is 0 Å². The van der Waals surface area contributed by atoms with Gasteiger partial charge in [0.05, 0.1) is 11.1 Å². The van der Waals surface area contributed by atoms with E-state index < -0.39 is 17.8 Å². The van der Waals surface area contributed by atoms with Crippen LogP contribution in [-0.2, 0) is 17.5 Å². The maximum absolute atomic E-state index is 12.8. The number of halogens is 3. The van der Waals surface area contributed by atoms with Crippen molar-refractivity contribution in [2.75, 3.05) is 6.54 Å². The van der Waals surface area contributed by atoms with Crippen LogP contribution in [0, 0.1) is 11.8 Å². The minimum atomic E-state index is -4.48. The summed E-state index contributed by atoms with van der Waals surface area (Å²) in [6.45, 7) is 0.311. The Hall–Kier alpha value is -3.01. The van der Waals surface area contributed by atoms with Crippen molar-refractivity contribution >= 4 is 6.09 Å². The molecule has 1 aromatic carbocycles. The highest BCUT2D eigenvalue weighted by molar-refractivity contribution is 5.67. The minimum absolute atomic E-state index is 0.142. The van der Waals surface area contributed by atoms with Crippen LogP contribution in [0.3, 0.4) is 0 Å². The molecule has 130 valence electrons. The summed E-state index contributed by atoms with van der Waals surface area (Å²) in [5.74, 6) is 5.01. The first-order valence-electron chi connectivity index (χ1n) is 7.41. The fourth-order valence-corrected chi connectivity index (χ4v) is 1.90. The number of aromatic nitrogens is 1. The summed E-state index contributed by atoms with van der Waals surface area (Å²) in [6.07, 6.45) is -2.77. The Labute approximate surface area is 143 Å². The molecule has 0 unspecified atom stereocenters. The van der Waals surface area contributed by atoms with Gasteiger partial charge in [-0.2, -0.15) is 13.2 Å². The monoisotopic (exact) mass is 348 g/mol. The number of pyridine rings is 1. The minimum Gasteiger partial charge on any atom is -0.445 e. The second-order valence-corrected chi connectivity index (χ2v) is 4.96. The van der Waals surface area contributed by atoms with E-state index in [1.54, 1.807) is 0 Å². The largest absolute Gasteiger partial charge is 0.445 e. The molecule has 0 atom stereocenters. The molecule has 1 amide bonds. The van der Waals surface area contributed by atoms with Crippen molar-refractivity contribution in [2.24, 2.45) is 0 Å². The zero-order valence-electron chi connectivity index (χ0n) is 13.1. The van der Waals surface area contributed by atoms with Gasteiger partial charge >= 0.3 is 12.3 Å². The van der Waals surface area contributed by atoms with Crippen molar-refractivity contribution in [1.29, 1.82) is 0 Å². The Kier molecular flexibility index (Phi) is 6.40. The second kappa shape index (κ2) is 8.73. The first-order valence-corrected chi connectivity index (χ1v) is 7.41. The lowest BCUT2D eigenvalue weighted by molar-refractivity contribution is -0.137. The molecule has 0 aliphatic carbocycles.